The molecule has 112 valence electrons. The molecule has 1 saturated carbocycles. The molecule has 3 rings (SSSR count). The Balaban J connectivity index is 1.96. The highest BCUT2D eigenvalue weighted by molar-refractivity contribution is 14.1. The van der Waals surface area contributed by atoms with E-state index < -0.39 is 0 Å². The Kier molecular flexibility index (Phi) is 5.33. The first kappa shape index (κ1) is 15.5. The maximum Gasteiger partial charge on any atom is 0.0932 e. The minimum atomic E-state index is 0.689. The van der Waals surface area contributed by atoms with Crippen LogP contribution >= 0.6 is 33.9 Å². The second-order valence-electron chi connectivity index (χ2n) is 5.84. The fraction of sp³-hybridized carbons (Fsp3) is 0.500. The topological polar surface area (TPSA) is 12.9 Å². The predicted molar refractivity (Wildman–Crippen MR) is 100 cm³/mol. The van der Waals surface area contributed by atoms with Crippen molar-refractivity contribution in [1.29, 1.82) is 0 Å². The molecular weight excluding hydrogens is 389 g/mol. The third-order valence-corrected chi connectivity index (χ3v) is 6.51. The number of alkyl halides is 1. The molecule has 1 aromatic heterocycles. The van der Waals surface area contributed by atoms with E-state index in [-0.39, 0.29) is 0 Å². The Hall–Kier alpha value is -0.420. The summed E-state index contributed by atoms with van der Waals surface area (Å²) in [7, 11) is 0. The number of nitrogens with zero attached hydrogens (tertiary/aromatic N) is 1. The van der Waals surface area contributed by atoms with E-state index in [2.05, 4.69) is 53.8 Å². The zero-order chi connectivity index (χ0) is 14.7. The summed E-state index contributed by atoms with van der Waals surface area (Å²) in [6, 6.07) is 9.09. The van der Waals surface area contributed by atoms with Crippen LogP contribution in [-0.2, 0) is 10.8 Å². The van der Waals surface area contributed by atoms with Crippen LogP contribution in [0.4, 0.5) is 0 Å². The van der Waals surface area contributed by atoms with E-state index in [4.69, 9.17) is 4.98 Å². The Bertz CT molecular complexity index is 582. The van der Waals surface area contributed by atoms with Crippen molar-refractivity contribution in [2.45, 2.75) is 55.8 Å². The maximum atomic E-state index is 4.99. The Morgan fingerprint density at radius 1 is 1.14 bits per heavy atom. The minimum Gasteiger partial charge on any atom is -0.245 e. The Morgan fingerprint density at radius 3 is 2.48 bits per heavy atom. The van der Waals surface area contributed by atoms with Gasteiger partial charge in [-0.3, -0.25) is 0 Å². The first-order valence-electron chi connectivity index (χ1n) is 7.96. The number of rotatable bonds is 4. The van der Waals surface area contributed by atoms with E-state index in [1.807, 2.05) is 11.3 Å². The molecular formula is C18H22INS. The van der Waals surface area contributed by atoms with Crippen molar-refractivity contribution in [2.75, 3.05) is 0 Å². The first-order valence-corrected chi connectivity index (χ1v) is 10.3. The minimum absolute atomic E-state index is 0.689. The van der Waals surface area contributed by atoms with Crippen LogP contribution in [0.3, 0.4) is 0 Å². The lowest BCUT2D eigenvalue weighted by molar-refractivity contribution is 0.438. The van der Waals surface area contributed by atoms with Gasteiger partial charge >= 0.3 is 0 Å². The zero-order valence-corrected chi connectivity index (χ0v) is 15.5. The van der Waals surface area contributed by atoms with Gasteiger partial charge in [0.2, 0.25) is 0 Å². The molecule has 1 aliphatic rings. The van der Waals surface area contributed by atoms with E-state index in [9.17, 15) is 0 Å². The molecule has 21 heavy (non-hydrogen) atoms. The summed E-state index contributed by atoms with van der Waals surface area (Å²) in [5.74, 6) is 0.689. The molecule has 1 aromatic carbocycles. The summed E-state index contributed by atoms with van der Waals surface area (Å²) in [5, 5.41) is 1.29. The fourth-order valence-electron chi connectivity index (χ4n) is 3.13. The summed E-state index contributed by atoms with van der Waals surface area (Å²) in [5.41, 5.74) is 4.15. The van der Waals surface area contributed by atoms with E-state index in [0.29, 0.717) is 5.92 Å². The van der Waals surface area contributed by atoms with Gasteiger partial charge in [-0.15, -0.1) is 11.3 Å². The highest BCUT2D eigenvalue weighted by Gasteiger charge is 2.23. The van der Waals surface area contributed by atoms with Crippen LogP contribution in [0.5, 0.6) is 0 Å². The highest BCUT2D eigenvalue weighted by Crippen LogP contribution is 2.40. The lowest BCUT2D eigenvalue weighted by Gasteiger charge is -2.21. The number of benzene rings is 1. The largest absolute Gasteiger partial charge is 0.245 e. The summed E-state index contributed by atoms with van der Waals surface area (Å²) < 4.78 is 1.08. The lowest BCUT2D eigenvalue weighted by atomic mass is 9.86. The summed E-state index contributed by atoms with van der Waals surface area (Å²) in [4.78, 5) is 6.42. The van der Waals surface area contributed by atoms with Crippen molar-refractivity contribution in [3.05, 3.63) is 40.5 Å². The van der Waals surface area contributed by atoms with Gasteiger partial charge < -0.3 is 0 Å². The van der Waals surface area contributed by atoms with Gasteiger partial charge in [0.1, 0.15) is 0 Å². The first-order chi connectivity index (χ1) is 10.3. The number of hydrogen-bond acceptors (Lipinski definition) is 2. The molecule has 0 amide bonds. The molecule has 3 heteroatoms. The monoisotopic (exact) mass is 411 g/mol. The molecule has 1 nitrogen and oxygen atoms in total. The van der Waals surface area contributed by atoms with Crippen molar-refractivity contribution in [2.24, 2.45) is 0 Å². The van der Waals surface area contributed by atoms with Crippen LogP contribution in [0.15, 0.2) is 24.3 Å². The molecule has 0 saturated heterocycles. The fourth-order valence-corrected chi connectivity index (χ4v) is 4.74. The molecule has 1 heterocycles. The average molecular weight is 411 g/mol. The molecule has 0 bridgehead atoms. The quantitative estimate of drug-likeness (QED) is 0.422. The van der Waals surface area contributed by atoms with Gasteiger partial charge in [0.15, 0.2) is 0 Å². The molecule has 0 unspecified atom stereocenters. The standard InChI is InChI=1S/C18H22INS/c1-2-16-20-17(14-6-4-3-5-7-14)18(21-16)15-10-8-13(12-19)9-11-15/h8-11,14H,2-7,12H2,1H3. The molecule has 0 atom stereocenters. The van der Waals surface area contributed by atoms with Crippen LogP contribution in [0.25, 0.3) is 10.4 Å². The third-order valence-electron chi connectivity index (χ3n) is 4.36. The molecule has 0 aliphatic heterocycles. The highest BCUT2D eigenvalue weighted by atomic mass is 127. The van der Waals surface area contributed by atoms with Crippen molar-refractivity contribution in [3.63, 3.8) is 0 Å². The summed E-state index contributed by atoms with van der Waals surface area (Å²) >= 11 is 4.33. The van der Waals surface area contributed by atoms with E-state index in [0.717, 1.165) is 10.8 Å². The predicted octanol–water partition coefficient (Wildman–Crippen LogP) is 6.36. The van der Waals surface area contributed by atoms with Crippen molar-refractivity contribution in [3.8, 4) is 10.4 Å². The smallest absolute Gasteiger partial charge is 0.0932 e. The van der Waals surface area contributed by atoms with Gasteiger partial charge in [0, 0.05) is 10.3 Å². The molecule has 1 fully saturated rings. The van der Waals surface area contributed by atoms with Crippen LogP contribution < -0.4 is 0 Å². The SMILES string of the molecule is CCc1nc(C2CCCCC2)c(-c2ccc(CI)cc2)s1. The lowest BCUT2D eigenvalue weighted by Crippen LogP contribution is -2.06. The van der Waals surface area contributed by atoms with Gasteiger partial charge in [-0.1, -0.05) is 73.0 Å². The third kappa shape index (κ3) is 3.50. The Labute approximate surface area is 145 Å². The van der Waals surface area contributed by atoms with Crippen LogP contribution in [-0.4, -0.2) is 4.98 Å². The van der Waals surface area contributed by atoms with Crippen molar-refractivity contribution in [1.82, 2.24) is 4.98 Å². The summed E-state index contributed by atoms with van der Waals surface area (Å²) in [6.45, 7) is 2.21. The number of thiazole rings is 1. The average Bonchev–Trinajstić information content (AvgIpc) is 3.00. The molecule has 2 aromatic rings. The molecule has 0 spiro atoms. The second kappa shape index (κ2) is 7.23. The van der Waals surface area contributed by atoms with Crippen LogP contribution in [0, 0.1) is 0 Å². The van der Waals surface area contributed by atoms with Crippen LogP contribution in [0.1, 0.15) is 61.2 Å². The number of halogens is 1. The normalized spacial score (nSPS) is 16.3. The maximum absolute atomic E-state index is 4.99. The van der Waals surface area contributed by atoms with E-state index in [1.165, 1.54) is 58.8 Å². The number of hydrogen-bond donors (Lipinski definition) is 0. The van der Waals surface area contributed by atoms with E-state index in [1.54, 1.807) is 0 Å². The van der Waals surface area contributed by atoms with Gasteiger partial charge in [0.25, 0.3) is 0 Å². The molecule has 0 N–H and O–H groups in total. The second-order valence-corrected chi connectivity index (χ2v) is 7.69. The Morgan fingerprint density at radius 2 is 1.86 bits per heavy atom. The van der Waals surface area contributed by atoms with Gasteiger partial charge in [-0.25, -0.2) is 4.98 Å². The van der Waals surface area contributed by atoms with Crippen molar-refractivity contribution >= 4 is 33.9 Å². The summed E-state index contributed by atoms with van der Waals surface area (Å²) in [6.07, 6.45) is 7.85. The van der Waals surface area contributed by atoms with Gasteiger partial charge in [-0.2, -0.15) is 0 Å². The van der Waals surface area contributed by atoms with Crippen molar-refractivity contribution < 1.29 is 0 Å². The zero-order valence-electron chi connectivity index (χ0n) is 12.6. The van der Waals surface area contributed by atoms with Gasteiger partial charge in [0.05, 0.1) is 15.6 Å². The van der Waals surface area contributed by atoms with Crippen LogP contribution in [0.2, 0.25) is 0 Å². The molecule has 1 aliphatic carbocycles. The van der Waals surface area contributed by atoms with Gasteiger partial charge in [-0.05, 0) is 30.4 Å². The number of aryl methyl sites for hydroxylation is 1. The number of aromatic nitrogens is 1. The molecule has 0 radical (unpaired) electrons. The van der Waals surface area contributed by atoms with E-state index >= 15 is 0 Å².